The first-order valence-electron chi connectivity index (χ1n) is 0. The molecule has 24 valence electrons. The molecule has 0 aliphatic rings. The van der Waals surface area contributed by atoms with Crippen LogP contribution in [0.5, 0.6) is 0 Å². The Balaban J connectivity index is 0. The minimum absolute atomic E-state index is 0. The molecule has 5 heteroatoms. The van der Waals surface area contributed by atoms with Crippen LogP contribution >= 0.6 is 0 Å². The molecule has 0 saturated carbocycles. The zero-order valence-corrected chi connectivity index (χ0v) is 6.20. The van der Waals surface area contributed by atoms with Crippen molar-refractivity contribution in [2.45, 2.75) is 0 Å². The molecule has 0 rings (SSSR count). The maximum absolute atomic E-state index is 0. The molecule has 5 heavy (non-hydrogen) atoms. The molecule has 0 unspecified atom stereocenters. The van der Waals surface area contributed by atoms with Crippen molar-refractivity contribution in [3.8, 4) is 0 Å². The van der Waals surface area contributed by atoms with Gasteiger partial charge in [0.15, 0.2) is 17.4 Å². The van der Waals surface area contributed by atoms with Crippen molar-refractivity contribution >= 4 is 154 Å². The van der Waals surface area contributed by atoms with Crippen LogP contribution in [0, 0.1) is 0 Å². The van der Waals surface area contributed by atoms with E-state index in [2.05, 4.69) is 0 Å². The van der Waals surface area contributed by atoms with Gasteiger partial charge in [0.05, 0.1) is 0 Å². The first kappa shape index (κ1) is 32.3. The van der Waals surface area contributed by atoms with Crippen LogP contribution in [0.25, 0.3) is 0 Å². The first-order chi connectivity index (χ1) is 0. The van der Waals surface area contributed by atoms with Gasteiger partial charge >= 0.3 is 137 Å². The third kappa shape index (κ3) is 17.6. The van der Waals surface area contributed by atoms with E-state index < -0.39 is 0 Å². The molecule has 2 radical (unpaired) electrons. The monoisotopic (exact) mass is 448 g/mol. The van der Waals surface area contributed by atoms with Crippen LogP contribution < -0.4 is 0 Å². The van der Waals surface area contributed by atoms with Gasteiger partial charge in [0.1, 0.15) is 0 Å². The zero-order valence-electron chi connectivity index (χ0n) is 0.707. The van der Waals surface area contributed by atoms with Crippen molar-refractivity contribution in [1.29, 1.82) is 0 Å². The van der Waals surface area contributed by atoms with Gasteiger partial charge in [0.25, 0.3) is 0 Å². The molecule has 0 aromatic heterocycles. The van der Waals surface area contributed by atoms with Gasteiger partial charge in [-0.1, -0.05) is 0 Å². The van der Waals surface area contributed by atoms with E-state index >= 15 is 0 Å². The third-order valence-electron chi connectivity index (χ3n) is 0. The molecule has 0 aliphatic carbocycles. The molecule has 0 bridgehead atoms. The van der Waals surface area contributed by atoms with Crippen molar-refractivity contribution in [1.82, 2.24) is 0 Å². The topological polar surface area (TPSA) is 0 Å². The average molecular weight is 447 g/mol. The van der Waals surface area contributed by atoms with E-state index in [1.165, 1.54) is 0 Å². The van der Waals surface area contributed by atoms with E-state index in [0.29, 0.717) is 0 Å². The van der Waals surface area contributed by atoms with Crippen LogP contribution in [-0.2, 0) is 0 Å². The van der Waals surface area contributed by atoms with E-state index in [1.54, 1.807) is 0 Å². The van der Waals surface area contributed by atoms with Crippen molar-refractivity contribution in [2.24, 2.45) is 0 Å². The Kier molecular flexibility index (Phi) is 148. The summed E-state index contributed by atoms with van der Waals surface area (Å²) in [7, 11) is 0. The molecule has 0 saturated heterocycles. The van der Waals surface area contributed by atoms with Crippen molar-refractivity contribution < 1.29 is 0 Å². The molecule has 0 atom stereocenters. The summed E-state index contributed by atoms with van der Waals surface area (Å²) in [5.74, 6) is 0. The van der Waals surface area contributed by atoms with Crippen LogP contribution in [0.3, 0.4) is 0 Å². The van der Waals surface area contributed by atoms with Gasteiger partial charge < -0.3 is 0 Å². The molecule has 0 amide bonds. The van der Waals surface area contributed by atoms with Gasteiger partial charge in [-0.15, -0.1) is 0 Å². The standard InChI is InChI=1S/Al.Ba.Ca.Mg.Pb.11H. The number of hydrogen-bond acceptors (Lipinski definition) is 0. The second-order valence-electron chi connectivity index (χ2n) is 0. The summed E-state index contributed by atoms with van der Waals surface area (Å²) in [6.45, 7) is 0. The van der Waals surface area contributed by atoms with Crippen LogP contribution in [0.2, 0.25) is 0 Å². The third-order valence-corrected chi connectivity index (χ3v) is 0. The summed E-state index contributed by atoms with van der Waals surface area (Å²) >= 11 is 0. The van der Waals surface area contributed by atoms with E-state index in [0.717, 1.165) is 0 Å². The van der Waals surface area contributed by atoms with Gasteiger partial charge in [-0.2, -0.15) is 0 Å². The van der Waals surface area contributed by atoms with Gasteiger partial charge in [-0.05, 0) is 0 Å². The average Bonchev–Trinajstić information content (AvgIpc) is 0. The Labute approximate surface area is 149 Å². The molecule has 0 aromatic carbocycles. The fourth-order valence-electron chi connectivity index (χ4n) is 0. The summed E-state index contributed by atoms with van der Waals surface area (Å²) in [6, 6.07) is 0. The molecule has 0 aliphatic heterocycles. The van der Waals surface area contributed by atoms with Crippen LogP contribution in [0.1, 0.15) is 0 Å². The molecule has 0 N–H and O–H groups in total. The second kappa shape index (κ2) is 23.0. The Bertz CT molecular complexity index is 11.6. The van der Waals surface area contributed by atoms with Crippen LogP contribution in [0.4, 0.5) is 0 Å². The quantitative estimate of drug-likeness (QED) is 0.328. The summed E-state index contributed by atoms with van der Waals surface area (Å²) in [4.78, 5) is 0. The zero-order chi connectivity index (χ0) is 0. The Morgan fingerprint density at radius 2 is 1.00 bits per heavy atom. The predicted molar refractivity (Wildman–Crippen MR) is 44.1 cm³/mol. The molecule has 0 aromatic rings. The van der Waals surface area contributed by atoms with Gasteiger partial charge in [0.2, 0.25) is 0 Å². The van der Waals surface area contributed by atoms with E-state index in [1.807, 2.05) is 0 Å². The van der Waals surface area contributed by atoms with Crippen molar-refractivity contribution in [2.75, 3.05) is 0 Å². The Morgan fingerprint density at radius 1 is 1.00 bits per heavy atom. The van der Waals surface area contributed by atoms with E-state index in [-0.39, 0.29) is 154 Å². The molecular formula is H11AlBaCaMgPb. The van der Waals surface area contributed by atoms with Gasteiger partial charge in [0, 0.05) is 0 Å². The number of hydrogen-bond donors (Lipinski definition) is 0. The minimum atomic E-state index is 0. The molecule has 0 spiro atoms. The molecule has 0 fully saturated rings. The molecular weight excluding hydrogens is 436 g/mol. The fourth-order valence-corrected chi connectivity index (χ4v) is 0. The summed E-state index contributed by atoms with van der Waals surface area (Å²) in [5, 5.41) is 0. The maximum atomic E-state index is 0. The predicted octanol–water partition coefficient (Wildman–Crippen LogP) is -4.85. The normalized spacial score (nSPS) is 0. The molecule has 0 nitrogen and oxygen atoms in total. The summed E-state index contributed by atoms with van der Waals surface area (Å²) < 4.78 is 0. The van der Waals surface area contributed by atoms with Crippen LogP contribution in [0.15, 0.2) is 0 Å². The summed E-state index contributed by atoms with van der Waals surface area (Å²) in [5.41, 5.74) is 0. The second-order valence-corrected chi connectivity index (χ2v) is 0. The Hall–Kier alpha value is 5.05. The van der Waals surface area contributed by atoms with Crippen molar-refractivity contribution in [3.05, 3.63) is 0 Å². The summed E-state index contributed by atoms with van der Waals surface area (Å²) in [6.07, 6.45) is 0. The SMILES string of the molecule is [AlH3].[BaH2].[CaH2].[MgH2].[PbH2]. The van der Waals surface area contributed by atoms with Gasteiger partial charge in [-0.25, -0.2) is 0 Å². The van der Waals surface area contributed by atoms with Gasteiger partial charge in [-0.3, -0.25) is 0 Å². The van der Waals surface area contributed by atoms with Crippen LogP contribution in [-0.4, -0.2) is 154 Å². The van der Waals surface area contributed by atoms with E-state index in [4.69, 9.17) is 0 Å². The number of rotatable bonds is 0. The van der Waals surface area contributed by atoms with Crippen molar-refractivity contribution in [3.63, 3.8) is 0 Å². The fraction of sp³-hybridized carbons (Fsp3) is 0. The molecule has 0 heterocycles. The Morgan fingerprint density at radius 3 is 1.00 bits per heavy atom. The first-order valence-corrected chi connectivity index (χ1v) is 0. The van der Waals surface area contributed by atoms with E-state index in [9.17, 15) is 0 Å².